The van der Waals surface area contributed by atoms with Crippen molar-refractivity contribution in [3.05, 3.63) is 59.7 Å². The lowest BCUT2D eigenvalue weighted by Gasteiger charge is -2.11. The van der Waals surface area contributed by atoms with Crippen LogP contribution in [0.3, 0.4) is 0 Å². The molecule has 0 saturated heterocycles. The normalized spacial score (nSPS) is 10.2. The van der Waals surface area contributed by atoms with Gasteiger partial charge in [-0.25, -0.2) is 0 Å². The molecule has 4 nitrogen and oxygen atoms in total. The van der Waals surface area contributed by atoms with Crippen LogP contribution in [-0.2, 0) is 17.6 Å². The van der Waals surface area contributed by atoms with Crippen LogP contribution in [-0.4, -0.2) is 26.1 Å². The Balaban J connectivity index is 1.74. The van der Waals surface area contributed by atoms with Crippen LogP contribution in [0.4, 0.5) is 5.69 Å². The predicted octanol–water partition coefficient (Wildman–Crippen LogP) is 3.03. The number of benzene rings is 2. The number of methoxy groups -OCH3 is 1. The van der Waals surface area contributed by atoms with Gasteiger partial charge in [0.1, 0.15) is 5.75 Å². The fourth-order valence-corrected chi connectivity index (χ4v) is 2.41. The van der Waals surface area contributed by atoms with Crippen LogP contribution in [0.25, 0.3) is 0 Å². The first kappa shape index (κ1) is 16.9. The SMILES string of the molecule is CCc1ccccc1NCC(=O)NCCc1cccc(OC)c1. The van der Waals surface area contributed by atoms with Crippen LogP contribution in [0.5, 0.6) is 5.75 Å². The maximum absolute atomic E-state index is 11.9. The van der Waals surface area contributed by atoms with Crippen LogP contribution in [0, 0.1) is 0 Å². The van der Waals surface area contributed by atoms with Crippen molar-refractivity contribution in [2.45, 2.75) is 19.8 Å². The van der Waals surface area contributed by atoms with Crippen LogP contribution in [0.15, 0.2) is 48.5 Å². The summed E-state index contributed by atoms with van der Waals surface area (Å²) in [5.41, 5.74) is 3.39. The average molecular weight is 312 g/mol. The summed E-state index contributed by atoms with van der Waals surface area (Å²) in [6.45, 7) is 3.01. The predicted molar refractivity (Wildman–Crippen MR) is 94.0 cm³/mol. The smallest absolute Gasteiger partial charge is 0.239 e. The molecule has 1 amide bonds. The molecule has 0 unspecified atom stereocenters. The minimum Gasteiger partial charge on any atom is -0.497 e. The van der Waals surface area contributed by atoms with Crippen molar-refractivity contribution in [1.82, 2.24) is 5.32 Å². The summed E-state index contributed by atoms with van der Waals surface area (Å²) in [6.07, 6.45) is 1.73. The van der Waals surface area contributed by atoms with Crippen molar-refractivity contribution in [3.8, 4) is 5.75 Å². The molecule has 0 aliphatic carbocycles. The second-order valence-corrected chi connectivity index (χ2v) is 5.32. The molecule has 0 bridgehead atoms. The number of rotatable bonds is 8. The molecule has 0 spiro atoms. The average Bonchev–Trinajstić information content (AvgIpc) is 2.60. The number of ether oxygens (including phenoxy) is 1. The molecular formula is C19H24N2O2. The number of carbonyl (C=O) groups excluding carboxylic acids is 1. The van der Waals surface area contributed by atoms with Gasteiger partial charge in [0.2, 0.25) is 5.91 Å². The first-order valence-electron chi connectivity index (χ1n) is 7.94. The molecule has 0 radical (unpaired) electrons. The van der Waals surface area contributed by atoms with E-state index in [2.05, 4.69) is 23.6 Å². The van der Waals surface area contributed by atoms with Gasteiger partial charge in [-0.2, -0.15) is 0 Å². The largest absolute Gasteiger partial charge is 0.497 e. The molecule has 0 saturated carbocycles. The number of aryl methyl sites for hydroxylation is 1. The van der Waals surface area contributed by atoms with Gasteiger partial charge in [-0.15, -0.1) is 0 Å². The molecule has 2 rings (SSSR count). The van der Waals surface area contributed by atoms with Gasteiger partial charge in [0.15, 0.2) is 0 Å². The molecule has 0 atom stereocenters. The number of anilines is 1. The second kappa shape index (κ2) is 8.83. The number of hydrogen-bond acceptors (Lipinski definition) is 3. The Labute approximate surface area is 137 Å². The van der Waals surface area contributed by atoms with Gasteiger partial charge in [0, 0.05) is 12.2 Å². The van der Waals surface area contributed by atoms with E-state index < -0.39 is 0 Å². The van der Waals surface area contributed by atoms with Gasteiger partial charge in [0.05, 0.1) is 13.7 Å². The molecule has 2 N–H and O–H groups in total. The third-order valence-corrected chi connectivity index (χ3v) is 3.71. The lowest BCUT2D eigenvalue weighted by molar-refractivity contribution is -0.119. The second-order valence-electron chi connectivity index (χ2n) is 5.32. The van der Waals surface area contributed by atoms with Crippen molar-refractivity contribution in [1.29, 1.82) is 0 Å². The lowest BCUT2D eigenvalue weighted by Crippen LogP contribution is -2.31. The zero-order valence-corrected chi connectivity index (χ0v) is 13.8. The summed E-state index contributed by atoms with van der Waals surface area (Å²) in [4.78, 5) is 11.9. The number of hydrogen-bond donors (Lipinski definition) is 2. The Hall–Kier alpha value is -2.49. The van der Waals surface area contributed by atoms with Crippen LogP contribution in [0.2, 0.25) is 0 Å². The molecule has 0 aliphatic heterocycles. The van der Waals surface area contributed by atoms with E-state index >= 15 is 0 Å². The molecule has 2 aromatic carbocycles. The Morgan fingerprint density at radius 2 is 1.96 bits per heavy atom. The highest BCUT2D eigenvalue weighted by molar-refractivity contribution is 5.80. The molecule has 0 fully saturated rings. The van der Waals surface area contributed by atoms with Crippen LogP contribution >= 0.6 is 0 Å². The Kier molecular flexibility index (Phi) is 6.48. The zero-order chi connectivity index (χ0) is 16.5. The van der Waals surface area contributed by atoms with Gasteiger partial charge >= 0.3 is 0 Å². The summed E-state index contributed by atoms with van der Waals surface area (Å²) in [5, 5.41) is 6.13. The Morgan fingerprint density at radius 3 is 2.74 bits per heavy atom. The van der Waals surface area contributed by atoms with Crippen molar-refractivity contribution in [3.63, 3.8) is 0 Å². The summed E-state index contributed by atoms with van der Waals surface area (Å²) in [7, 11) is 1.65. The minimum absolute atomic E-state index is 0.00111. The summed E-state index contributed by atoms with van der Waals surface area (Å²) in [5.74, 6) is 0.838. The molecule has 2 aromatic rings. The van der Waals surface area contributed by atoms with E-state index in [-0.39, 0.29) is 12.5 Å². The van der Waals surface area contributed by atoms with Crippen molar-refractivity contribution in [2.24, 2.45) is 0 Å². The summed E-state index contributed by atoms with van der Waals surface area (Å²) in [6, 6.07) is 16.0. The van der Waals surface area contributed by atoms with Gasteiger partial charge in [-0.3, -0.25) is 4.79 Å². The molecule has 0 aliphatic rings. The van der Waals surface area contributed by atoms with E-state index in [0.717, 1.165) is 29.8 Å². The number of carbonyl (C=O) groups is 1. The summed E-state index contributed by atoms with van der Waals surface area (Å²) >= 11 is 0. The van der Waals surface area contributed by atoms with Gasteiger partial charge < -0.3 is 15.4 Å². The molecule has 23 heavy (non-hydrogen) atoms. The van der Waals surface area contributed by atoms with E-state index in [0.29, 0.717) is 6.54 Å². The molecule has 0 aromatic heterocycles. The maximum atomic E-state index is 11.9. The fourth-order valence-electron chi connectivity index (χ4n) is 2.41. The van der Waals surface area contributed by atoms with E-state index in [4.69, 9.17) is 4.74 Å². The first-order chi connectivity index (χ1) is 11.2. The van der Waals surface area contributed by atoms with E-state index in [9.17, 15) is 4.79 Å². The third-order valence-electron chi connectivity index (χ3n) is 3.71. The van der Waals surface area contributed by atoms with Gasteiger partial charge in [-0.1, -0.05) is 37.3 Å². The molecular weight excluding hydrogens is 288 g/mol. The highest BCUT2D eigenvalue weighted by Gasteiger charge is 2.04. The highest BCUT2D eigenvalue weighted by atomic mass is 16.5. The number of amides is 1. The van der Waals surface area contributed by atoms with Crippen molar-refractivity contribution >= 4 is 11.6 Å². The van der Waals surface area contributed by atoms with Crippen molar-refractivity contribution < 1.29 is 9.53 Å². The topological polar surface area (TPSA) is 50.4 Å². The van der Waals surface area contributed by atoms with E-state index in [1.54, 1.807) is 7.11 Å². The number of nitrogens with one attached hydrogen (secondary N) is 2. The monoisotopic (exact) mass is 312 g/mol. The van der Waals surface area contributed by atoms with E-state index in [1.807, 2.05) is 42.5 Å². The Bertz CT molecular complexity index is 641. The van der Waals surface area contributed by atoms with Crippen molar-refractivity contribution in [2.75, 3.05) is 25.5 Å². The first-order valence-corrected chi connectivity index (χ1v) is 7.94. The fraction of sp³-hybridized carbons (Fsp3) is 0.316. The Morgan fingerprint density at radius 1 is 1.13 bits per heavy atom. The molecule has 4 heteroatoms. The minimum atomic E-state index is -0.00111. The maximum Gasteiger partial charge on any atom is 0.239 e. The van der Waals surface area contributed by atoms with E-state index in [1.165, 1.54) is 5.56 Å². The molecule has 122 valence electrons. The van der Waals surface area contributed by atoms with Crippen LogP contribution in [0.1, 0.15) is 18.1 Å². The zero-order valence-electron chi connectivity index (χ0n) is 13.8. The van der Waals surface area contributed by atoms with Crippen LogP contribution < -0.4 is 15.4 Å². The standard InChI is InChI=1S/C19H24N2O2/c1-3-16-8-4-5-10-18(16)21-14-19(22)20-12-11-15-7-6-9-17(13-15)23-2/h4-10,13,21H,3,11-12,14H2,1-2H3,(H,20,22). The van der Waals surface area contributed by atoms with Gasteiger partial charge in [0.25, 0.3) is 0 Å². The third kappa shape index (κ3) is 5.33. The molecule has 0 heterocycles. The quantitative estimate of drug-likeness (QED) is 0.788. The summed E-state index contributed by atoms with van der Waals surface area (Å²) < 4.78 is 5.19. The highest BCUT2D eigenvalue weighted by Crippen LogP contribution is 2.15. The number of para-hydroxylation sites is 1. The van der Waals surface area contributed by atoms with Gasteiger partial charge in [-0.05, 0) is 42.2 Å². The lowest BCUT2D eigenvalue weighted by atomic mass is 10.1.